The van der Waals surface area contributed by atoms with Crippen LogP contribution in [0.3, 0.4) is 0 Å². The Balaban J connectivity index is 2.03. The Morgan fingerprint density at radius 3 is 2.40 bits per heavy atom. The number of morpholine rings is 1. The maximum atomic E-state index is 11.5. The number of anilines is 1. The van der Waals surface area contributed by atoms with Gasteiger partial charge in [-0.25, -0.2) is 8.42 Å². The summed E-state index contributed by atoms with van der Waals surface area (Å²) in [5.41, 5.74) is 1.80. The van der Waals surface area contributed by atoms with Gasteiger partial charge in [-0.1, -0.05) is 12.1 Å². The van der Waals surface area contributed by atoms with Gasteiger partial charge in [0.2, 0.25) is 10.0 Å². The summed E-state index contributed by atoms with van der Waals surface area (Å²) >= 11 is 0. The van der Waals surface area contributed by atoms with E-state index >= 15 is 0 Å². The molecule has 2 rings (SSSR count). The molecule has 20 heavy (non-hydrogen) atoms. The Morgan fingerprint density at radius 2 is 1.85 bits per heavy atom. The van der Waals surface area contributed by atoms with Crippen LogP contribution in [0.5, 0.6) is 0 Å². The molecule has 0 saturated carbocycles. The largest absolute Gasteiger partial charge is 0.379 e. The Hall–Kier alpha value is -1.11. The molecule has 0 aliphatic carbocycles. The quantitative estimate of drug-likeness (QED) is 0.901. The first-order valence-electron chi connectivity index (χ1n) is 6.94. The van der Waals surface area contributed by atoms with Crippen LogP contribution in [-0.2, 0) is 14.8 Å². The van der Waals surface area contributed by atoms with Gasteiger partial charge in [0.1, 0.15) is 0 Å². The van der Waals surface area contributed by atoms with Gasteiger partial charge >= 0.3 is 0 Å². The SMILES string of the molecule is CCS(=O)(=O)Nc1ccc([C@@H](C)N2CCOCC2)cc1. The van der Waals surface area contributed by atoms with Gasteiger partial charge in [-0.3, -0.25) is 9.62 Å². The summed E-state index contributed by atoms with van der Waals surface area (Å²) in [5, 5.41) is 0. The molecule has 1 heterocycles. The van der Waals surface area contributed by atoms with Crippen molar-refractivity contribution in [3.05, 3.63) is 29.8 Å². The number of hydrogen-bond donors (Lipinski definition) is 1. The van der Waals surface area contributed by atoms with Crippen LogP contribution in [0, 0.1) is 0 Å². The predicted octanol–water partition coefficient (Wildman–Crippen LogP) is 1.84. The average molecular weight is 298 g/mol. The second kappa shape index (κ2) is 6.56. The molecule has 1 aliphatic rings. The Morgan fingerprint density at radius 1 is 1.25 bits per heavy atom. The zero-order valence-electron chi connectivity index (χ0n) is 12.0. The minimum Gasteiger partial charge on any atom is -0.379 e. The summed E-state index contributed by atoms with van der Waals surface area (Å²) in [6, 6.07) is 7.91. The van der Waals surface area contributed by atoms with E-state index in [1.807, 2.05) is 24.3 Å². The molecule has 0 spiro atoms. The van der Waals surface area contributed by atoms with Crippen molar-refractivity contribution >= 4 is 15.7 Å². The van der Waals surface area contributed by atoms with Gasteiger partial charge in [-0.2, -0.15) is 0 Å². The molecule has 0 radical (unpaired) electrons. The normalized spacial score (nSPS) is 18.7. The number of sulfonamides is 1. The minimum atomic E-state index is -3.20. The number of ether oxygens (including phenoxy) is 1. The monoisotopic (exact) mass is 298 g/mol. The number of benzene rings is 1. The van der Waals surface area contributed by atoms with Gasteiger partial charge in [0.05, 0.1) is 19.0 Å². The molecule has 1 fully saturated rings. The molecule has 1 aliphatic heterocycles. The minimum absolute atomic E-state index is 0.0823. The van der Waals surface area contributed by atoms with Crippen molar-refractivity contribution < 1.29 is 13.2 Å². The zero-order valence-corrected chi connectivity index (χ0v) is 12.8. The lowest BCUT2D eigenvalue weighted by atomic mass is 10.1. The molecule has 1 atom stereocenters. The van der Waals surface area contributed by atoms with Crippen molar-refractivity contribution in [1.29, 1.82) is 0 Å². The van der Waals surface area contributed by atoms with E-state index in [0.717, 1.165) is 26.3 Å². The molecule has 1 aromatic rings. The molecular weight excluding hydrogens is 276 g/mol. The first-order valence-corrected chi connectivity index (χ1v) is 8.59. The average Bonchev–Trinajstić information content (AvgIpc) is 2.48. The van der Waals surface area contributed by atoms with Crippen LogP contribution in [0.4, 0.5) is 5.69 Å². The standard InChI is InChI=1S/C14H22N2O3S/c1-3-20(17,18)15-14-6-4-13(5-7-14)12(2)16-8-10-19-11-9-16/h4-7,12,15H,3,8-11H2,1-2H3/t12-/m1/s1. The third-order valence-corrected chi connectivity index (χ3v) is 4.95. The lowest BCUT2D eigenvalue weighted by Crippen LogP contribution is -2.37. The first kappa shape index (κ1) is 15.3. The molecule has 5 nitrogen and oxygen atoms in total. The Labute approximate surface area is 121 Å². The van der Waals surface area contributed by atoms with E-state index in [9.17, 15) is 8.42 Å². The van der Waals surface area contributed by atoms with Crippen LogP contribution in [0.1, 0.15) is 25.5 Å². The fourth-order valence-electron chi connectivity index (χ4n) is 2.26. The summed E-state index contributed by atoms with van der Waals surface area (Å²) in [4.78, 5) is 2.37. The van der Waals surface area contributed by atoms with Crippen molar-refractivity contribution in [2.24, 2.45) is 0 Å². The molecule has 0 amide bonds. The predicted molar refractivity (Wildman–Crippen MR) is 80.3 cm³/mol. The fourth-order valence-corrected chi connectivity index (χ4v) is 2.90. The molecule has 0 bridgehead atoms. The van der Waals surface area contributed by atoms with E-state index in [0.29, 0.717) is 11.7 Å². The first-order chi connectivity index (χ1) is 9.52. The van der Waals surface area contributed by atoms with E-state index in [1.54, 1.807) is 6.92 Å². The maximum absolute atomic E-state index is 11.5. The van der Waals surface area contributed by atoms with E-state index in [1.165, 1.54) is 5.56 Å². The van der Waals surface area contributed by atoms with Crippen LogP contribution in [0.2, 0.25) is 0 Å². The molecule has 0 aromatic heterocycles. The second-order valence-electron chi connectivity index (χ2n) is 4.95. The third kappa shape index (κ3) is 3.94. The van der Waals surface area contributed by atoms with Crippen molar-refractivity contribution in [2.75, 3.05) is 36.8 Å². The topological polar surface area (TPSA) is 58.6 Å². The smallest absolute Gasteiger partial charge is 0.232 e. The van der Waals surface area contributed by atoms with Crippen molar-refractivity contribution in [2.45, 2.75) is 19.9 Å². The number of hydrogen-bond acceptors (Lipinski definition) is 4. The molecule has 0 unspecified atom stereocenters. The van der Waals surface area contributed by atoms with Gasteiger partial charge in [0, 0.05) is 24.8 Å². The number of nitrogens with one attached hydrogen (secondary N) is 1. The Kier molecular flexibility index (Phi) is 5.01. The second-order valence-corrected chi connectivity index (χ2v) is 6.96. The van der Waals surface area contributed by atoms with Crippen LogP contribution < -0.4 is 4.72 Å². The van der Waals surface area contributed by atoms with E-state index in [-0.39, 0.29) is 5.75 Å². The molecule has 1 saturated heterocycles. The highest BCUT2D eigenvalue weighted by molar-refractivity contribution is 7.92. The molecule has 1 N–H and O–H groups in total. The van der Waals surface area contributed by atoms with Crippen LogP contribution >= 0.6 is 0 Å². The molecule has 112 valence electrons. The lowest BCUT2D eigenvalue weighted by Gasteiger charge is -2.32. The number of nitrogens with zero attached hydrogens (tertiary/aromatic N) is 1. The summed E-state index contributed by atoms with van der Waals surface area (Å²) in [7, 11) is -3.20. The van der Waals surface area contributed by atoms with E-state index in [4.69, 9.17) is 4.74 Å². The Bertz CT molecular complexity index is 522. The van der Waals surface area contributed by atoms with Crippen molar-refractivity contribution in [1.82, 2.24) is 4.90 Å². The highest BCUT2D eigenvalue weighted by Crippen LogP contribution is 2.23. The summed E-state index contributed by atoms with van der Waals surface area (Å²) in [6.07, 6.45) is 0. The third-order valence-electron chi connectivity index (χ3n) is 3.64. The van der Waals surface area contributed by atoms with Crippen LogP contribution in [-0.4, -0.2) is 45.4 Å². The summed E-state index contributed by atoms with van der Waals surface area (Å²) in [5.74, 6) is 0.0823. The maximum Gasteiger partial charge on any atom is 0.232 e. The van der Waals surface area contributed by atoms with Gasteiger partial charge in [0.25, 0.3) is 0 Å². The van der Waals surface area contributed by atoms with Crippen molar-refractivity contribution in [3.8, 4) is 0 Å². The summed E-state index contributed by atoms with van der Waals surface area (Å²) in [6.45, 7) is 7.21. The highest BCUT2D eigenvalue weighted by Gasteiger charge is 2.18. The van der Waals surface area contributed by atoms with Gasteiger partial charge in [0.15, 0.2) is 0 Å². The van der Waals surface area contributed by atoms with Gasteiger partial charge in [-0.15, -0.1) is 0 Å². The molecule has 1 aromatic carbocycles. The zero-order chi connectivity index (χ0) is 14.6. The van der Waals surface area contributed by atoms with Crippen molar-refractivity contribution in [3.63, 3.8) is 0 Å². The van der Waals surface area contributed by atoms with Gasteiger partial charge in [-0.05, 0) is 31.5 Å². The highest BCUT2D eigenvalue weighted by atomic mass is 32.2. The summed E-state index contributed by atoms with van der Waals surface area (Å²) < 4.78 is 30.9. The lowest BCUT2D eigenvalue weighted by molar-refractivity contribution is 0.0198. The number of rotatable bonds is 5. The van der Waals surface area contributed by atoms with E-state index < -0.39 is 10.0 Å². The molecule has 6 heteroatoms. The van der Waals surface area contributed by atoms with Crippen LogP contribution in [0.15, 0.2) is 24.3 Å². The molecular formula is C14H22N2O3S. The van der Waals surface area contributed by atoms with Gasteiger partial charge < -0.3 is 4.74 Å². The van der Waals surface area contributed by atoms with Crippen LogP contribution in [0.25, 0.3) is 0 Å². The van der Waals surface area contributed by atoms with E-state index in [2.05, 4.69) is 16.5 Å². The fraction of sp³-hybridized carbons (Fsp3) is 0.571.